The number of carbonyl (C=O) groups is 1. The number of nitrogens with one attached hydrogen (secondary N) is 2. The van der Waals surface area contributed by atoms with E-state index in [0.29, 0.717) is 37.4 Å². The molecule has 122 valence electrons. The first kappa shape index (κ1) is 16.2. The molecule has 1 aliphatic rings. The number of hydrogen-bond acceptors (Lipinski definition) is 8. The van der Waals surface area contributed by atoms with Gasteiger partial charge in [0.25, 0.3) is 0 Å². The van der Waals surface area contributed by atoms with E-state index < -0.39 is 12.0 Å². The number of nitrogens with zero attached hydrogens (tertiary/aromatic N) is 4. The van der Waals surface area contributed by atoms with Crippen molar-refractivity contribution in [3.63, 3.8) is 0 Å². The van der Waals surface area contributed by atoms with Crippen LogP contribution in [-0.2, 0) is 4.79 Å². The Labute approximate surface area is 128 Å². The van der Waals surface area contributed by atoms with E-state index in [-0.39, 0.29) is 12.6 Å². The van der Waals surface area contributed by atoms with Crippen molar-refractivity contribution in [3.8, 4) is 0 Å². The van der Waals surface area contributed by atoms with Gasteiger partial charge < -0.3 is 25.7 Å². The van der Waals surface area contributed by atoms with Crippen molar-refractivity contribution < 1.29 is 15.0 Å². The van der Waals surface area contributed by atoms with Crippen LogP contribution < -0.4 is 15.5 Å². The largest absolute Gasteiger partial charge is 0.480 e. The van der Waals surface area contributed by atoms with Crippen molar-refractivity contribution in [2.45, 2.75) is 38.8 Å². The van der Waals surface area contributed by atoms with Gasteiger partial charge in [-0.05, 0) is 26.7 Å². The topological polar surface area (TPSA) is 124 Å². The van der Waals surface area contributed by atoms with E-state index in [1.165, 1.54) is 0 Å². The molecule has 1 aromatic heterocycles. The van der Waals surface area contributed by atoms with Gasteiger partial charge in [0.15, 0.2) is 0 Å². The van der Waals surface area contributed by atoms with Crippen LogP contribution >= 0.6 is 0 Å². The molecule has 9 heteroatoms. The predicted molar refractivity (Wildman–Crippen MR) is 82.2 cm³/mol. The maximum absolute atomic E-state index is 11.3. The Kier molecular flexibility index (Phi) is 5.31. The summed E-state index contributed by atoms with van der Waals surface area (Å²) in [5, 5.41) is 24.2. The standard InChI is InChI=1S/C13H22N6O3/c1-8(2)15-12-16-11(14-5-7-20)17-13(18-12)19-6-3-4-9(19)10(21)22/h8-9,20H,3-7H2,1-2H3,(H,21,22)(H2,14,15,16,17,18)/t9-/m1/s1. The first-order valence-electron chi connectivity index (χ1n) is 7.38. The minimum Gasteiger partial charge on any atom is -0.480 e. The summed E-state index contributed by atoms with van der Waals surface area (Å²) in [7, 11) is 0. The van der Waals surface area contributed by atoms with Crippen LogP contribution in [0.25, 0.3) is 0 Å². The molecule has 1 aromatic rings. The summed E-state index contributed by atoms with van der Waals surface area (Å²) in [6.45, 7) is 4.78. The molecule has 0 bridgehead atoms. The fraction of sp³-hybridized carbons (Fsp3) is 0.692. The third-order valence-electron chi connectivity index (χ3n) is 3.23. The molecule has 4 N–H and O–H groups in total. The van der Waals surface area contributed by atoms with Crippen LogP contribution in [0.5, 0.6) is 0 Å². The molecule has 0 aromatic carbocycles. The zero-order valence-corrected chi connectivity index (χ0v) is 12.8. The lowest BCUT2D eigenvalue weighted by Gasteiger charge is -2.22. The van der Waals surface area contributed by atoms with Crippen LogP contribution in [0.2, 0.25) is 0 Å². The van der Waals surface area contributed by atoms with Crippen LogP contribution in [0, 0.1) is 0 Å². The van der Waals surface area contributed by atoms with E-state index in [1.54, 1.807) is 4.90 Å². The second kappa shape index (κ2) is 7.21. The van der Waals surface area contributed by atoms with E-state index in [1.807, 2.05) is 13.8 Å². The Bertz CT molecular complexity index is 524. The number of aliphatic hydroxyl groups is 1. The highest BCUT2D eigenvalue weighted by Crippen LogP contribution is 2.24. The fourth-order valence-corrected chi connectivity index (χ4v) is 2.33. The molecule has 0 radical (unpaired) electrons. The van der Waals surface area contributed by atoms with Gasteiger partial charge in [-0.25, -0.2) is 4.79 Å². The molecule has 0 unspecified atom stereocenters. The summed E-state index contributed by atoms with van der Waals surface area (Å²) < 4.78 is 0. The van der Waals surface area contributed by atoms with E-state index >= 15 is 0 Å². The van der Waals surface area contributed by atoms with E-state index in [2.05, 4.69) is 25.6 Å². The molecule has 0 aliphatic carbocycles. The van der Waals surface area contributed by atoms with Crippen molar-refractivity contribution >= 4 is 23.8 Å². The molecule has 0 spiro atoms. The SMILES string of the molecule is CC(C)Nc1nc(NCCO)nc(N2CCC[C@@H]2C(=O)O)n1. The van der Waals surface area contributed by atoms with Crippen LogP contribution in [0.3, 0.4) is 0 Å². The Morgan fingerprint density at radius 3 is 2.73 bits per heavy atom. The Morgan fingerprint density at radius 2 is 2.09 bits per heavy atom. The first-order valence-corrected chi connectivity index (χ1v) is 7.38. The smallest absolute Gasteiger partial charge is 0.326 e. The van der Waals surface area contributed by atoms with Crippen LogP contribution in [0.15, 0.2) is 0 Å². The molecule has 2 heterocycles. The number of anilines is 3. The molecule has 2 rings (SSSR count). The zero-order valence-electron chi connectivity index (χ0n) is 12.8. The highest BCUT2D eigenvalue weighted by Gasteiger charge is 2.32. The van der Waals surface area contributed by atoms with Crippen molar-refractivity contribution in [2.24, 2.45) is 0 Å². The molecule has 9 nitrogen and oxygen atoms in total. The van der Waals surface area contributed by atoms with Crippen molar-refractivity contribution in [1.82, 2.24) is 15.0 Å². The van der Waals surface area contributed by atoms with E-state index in [4.69, 9.17) is 5.11 Å². The van der Waals surface area contributed by atoms with Gasteiger partial charge in [-0.1, -0.05) is 0 Å². The second-order valence-corrected chi connectivity index (χ2v) is 5.42. The highest BCUT2D eigenvalue weighted by atomic mass is 16.4. The zero-order chi connectivity index (χ0) is 16.1. The molecule has 0 amide bonds. The van der Waals surface area contributed by atoms with Gasteiger partial charge in [0, 0.05) is 19.1 Å². The fourth-order valence-electron chi connectivity index (χ4n) is 2.33. The summed E-state index contributed by atoms with van der Waals surface area (Å²) in [6, 6.07) is -0.477. The van der Waals surface area contributed by atoms with E-state index in [0.717, 1.165) is 6.42 Å². The third kappa shape index (κ3) is 3.94. The molecule has 1 aliphatic heterocycles. The van der Waals surface area contributed by atoms with Gasteiger partial charge >= 0.3 is 5.97 Å². The van der Waals surface area contributed by atoms with E-state index in [9.17, 15) is 9.90 Å². The highest BCUT2D eigenvalue weighted by molar-refractivity contribution is 5.78. The molecule has 0 saturated carbocycles. The summed E-state index contributed by atoms with van der Waals surface area (Å²) in [5.41, 5.74) is 0. The van der Waals surface area contributed by atoms with Gasteiger partial charge in [0.2, 0.25) is 17.8 Å². The van der Waals surface area contributed by atoms with Gasteiger partial charge in [0.05, 0.1) is 6.61 Å². The van der Waals surface area contributed by atoms with Gasteiger partial charge in [-0.2, -0.15) is 15.0 Å². The van der Waals surface area contributed by atoms with Crippen LogP contribution in [0.1, 0.15) is 26.7 Å². The first-order chi connectivity index (χ1) is 10.5. The number of carboxylic acids is 1. The summed E-state index contributed by atoms with van der Waals surface area (Å²) >= 11 is 0. The Hall–Kier alpha value is -2.16. The Morgan fingerprint density at radius 1 is 1.36 bits per heavy atom. The molecule has 1 saturated heterocycles. The minimum absolute atomic E-state index is 0.0462. The van der Waals surface area contributed by atoms with Crippen LogP contribution in [-0.4, -0.2) is 62.9 Å². The number of aliphatic carboxylic acids is 1. The quantitative estimate of drug-likeness (QED) is 0.557. The maximum Gasteiger partial charge on any atom is 0.326 e. The lowest BCUT2D eigenvalue weighted by molar-refractivity contribution is -0.138. The number of rotatable bonds is 7. The summed E-state index contributed by atoms with van der Waals surface area (Å²) in [6.07, 6.45) is 1.36. The lowest BCUT2D eigenvalue weighted by Crippen LogP contribution is -2.37. The third-order valence-corrected chi connectivity index (χ3v) is 3.23. The normalized spacial score (nSPS) is 17.8. The number of carboxylic acid groups (broad SMARTS) is 1. The second-order valence-electron chi connectivity index (χ2n) is 5.42. The predicted octanol–water partition coefficient (Wildman–Crippen LogP) is 0.149. The number of aliphatic hydroxyl groups excluding tert-OH is 1. The minimum atomic E-state index is -0.874. The Balaban J connectivity index is 2.29. The van der Waals surface area contributed by atoms with Gasteiger partial charge in [0.1, 0.15) is 6.04 Å². The number of hydrogen-bond donors (Lipinski definition) is 4. The summed E-state index contributed by atoms with van der Waals surface area (Å²) in [5.74, 6) is 0.166. The van der Waals surface area contributed by atoms with Crippen molar-refractivity contribution in [2.75, 3.05) is 35.2 Å². The average Bonchev–Trinajstić information content (AvgIpc) is 2.93. The molecule has 1 fully saturated rings. The van der Waals surface area contributed by atoms with Crippen LogP contribution in [0.4, 0.5) is 17.8 Å². The maximum atomic E-state index is 11.3. The van der Waals surface area contributed by atoms with Gasteiger partial charge in [-0.15, -0.1) is 0 Å². The summed E-state index contributed by atoms with van der Waals surface area (Å²) in [4.78, 5) is 25.8. The number of aromatic nitrogens is 3. The molecular formula is C13H22N6O3. The molecule has 1 atom stereocenters. The lowest BCUT2D eigenvalue weighted by atomic mass is 10.2. The van der Waals surface area contributed by atoms with Crippen molar-refractivity contribution in [1.29, 1.82) is 0 Å². The molecule has 22 heavy (non-hydrogen) atoms. The average molecular weight is 310 g/mol. The van der Waals surface area contributed by atoms with Gasteiger partial charge in [-0.3, -0.25) is 0 Å². The monoisotopic (exact) mass is 310 g/mol. The van der Waals surface area contributed by atoms with Crippen molar-refractivity contribution in [3.05, 3.63) is 0 Å². The molecular weight excluding hydrogens is 288 g/mol.